The molecule has 0 atom stereocenters. The number of rotatable bonds is 6. The molecule has 0 spiro atoms. The summed E-state index contributed by atoms with van der Waals surface area (Å²) in [5.74, 6) is 3.50. The fraction of sp³-hybridized carbons (Fsp3) is 0.286. The molecule has 116 valence electrons. The molecule has 0 bridgehead atoms. The number of hydrogen-bond donors (Lipinski definition) is 4. The number of carboxylic acids is 2. The number of aryl methyl sites for hydroxylation is 2. The molecule has 0 heterocycles. The maximum absolute atomic E-state index is 9.55. The highest BCUT2D eigenvalue weighted by atomic mass is 16.5. The lowest BCUT2D eigenvalue weighted by Crippen LogP contribution is -2.27. The summed E-state index contributed by atoms with van der Waals surface area (Å²) in [6, 6.07) is 6.06. The summed E-state index contributed by atoms with van der Waals surface area (Å²) in [5, 5.41) is 15.6. The number of benzene rings is 1. The van der Waals surface area contributed by atoms with Crippen LogP contribution in [0.1, 0.15) is 11.1 Å². The number of nitrogens with one attached hydrogen (secondary N) is 1. The van der Waals surface area contributed by atoms with Crippen LogP contribution in [-0.2, 0) is 9.59 Å². The van der Waals surface area contributed by atoms with E-state index >= 15 is 0 Å². The Bertz CT molecular complexity index is 484. The number of aliphatic carboxylic acids is 2. The lowest BCUT2D eigenvalue weighted by Gasteiger charge is -2.07. The molecule has 1 aromatic carbocycles. The zero-order chi connectivity index (χ0) is 16.3. The predicted octanol–water partition coefficient (Wildman–Crippen LogP) is 0.857. The van der Waals surface area contributed by atoms with Crippen molar-refractivity contribution in [1.29, 1.82) is 0 Å². The topological polar surface area (TPSA) is 122 Å². The minimum Gasteiger partial charge on any atom is -0.492 e. The molecule has 5 N–H and O–H groups in total. The van der Waals surface area contributed by atoms with Crippen LogP contribution in [0, 0.1) is 13.8 Å². The average molecular weight is 296 g/mol. The normalized spacial score (nSPS) is 9.86. The van der Waals surface area contributed by atoms with E-state index in [4.69, 9.17) is 20.8 Å². The molecule has 0 aliphatic rings. The van der Waals surface area contributed by atoms with Gasteiger partial charge in [-0.15, -0.1) is 0 Å². The van der Waals surface area contributed by atoms with Gasteiger partial charge in [-0.25, -0.2) is 9.59 Å². The fourth-order valence-electron chi connectivity index (χ4n) is 1.17. The van der Waals surface area contributed by atoms with Crippen molar-refractivity contribution < 1.29 is 24.5 Å². The van der Waals surface area contributed by atoms with Gasteiger partial charge in [0.25, 0.3) is 0 Å². The second-order valence-corrected chi connectivity index (χ2v) is 4.06. The minimum atomic E-state index is -1.26. The van der Waals surface area contributed by atoms with E-state index in [9.17, 15) is 9.59 Å². The summed E-state index contributed by atoms with van der Waals surface area (Å²) in [5.41, 5.74) is 5.07. The van der Waals surface area contributed by atoms with Gasteiger partial charge in [-0.3, -0.25) is 11.3 Å². The molecule has 21 heavy (non-hydrogen) atoms. The van der Waals surface area contributed by atoms with Crippen LogP contribution in [0.25, 0.3) is 0 Å². The van der Waals surface area contributed by atoms with Crippen LogP contribution in [0.4, 0.5) is 0 Å². The summed E-state index contributed by atoms with van der Waals surface area (Å²) in [4.78, 5) is 19.1. The van der Waals surface area contributed by atoms with Crippen LogP contribution in [0.2, 0.25) is 0 Å². The Kier molecular flexibility index (Phi) is 9.23. The van der Waals surface area contributed by atoms with E-state index in [1.54, 1.807) is 0 Å². The van der Waals surface area contributed by atoms with Gasteiger partial charge in [0.15, 0.2) is 0 Å². The molecule has 7 heteroatoms. The summed E-state index contributed by atoms with van der Waals surface area (Å²) in [6.07, 6.45) is 1.12. The monoisotopic (exact) mass is 296 g/mol. The van der Waals surface area contributed by atoms with Gasteiger partial charge in [-0.1, -0.05) is 6.07 Å². The standard InChI is InChI=1S/C10H16N2O.C4H4O4/c1-8-3-4-10(7-9(8)2)13-6-5-12-11;5-3(6)1-2-4(7)8/h3-4,7,12H,5-6,11H2,1-2H3;1-2H,(H,5,6)(H,7,8)/b;2-1-. The highest BCUT2D eigenvalue weighted by Gasteiger charge is 1.96. The molecule has 1 rings (SSSR count). The Hall–Kier alpha value is -2.38. The number of carbonyl (C=O) groups is 2. The largest absolute Gasteiger partial charge is 0.492 e. The minimum absolute atomic E-state index is 0.558. The molecule has 0 radical (unpaired) electrons. The Morgan fingerprint density at radius 1 is 1.19 bits per heavy atom. The van der Waals surface area contributed by atoms with E-state index in [-0.39, 0.29) is 0 Å². The molecule has 1 aromatic rings. The smallest absolute Gasteiger partial charge is 0.328 e. The van der Waals surface area contributed by atoms with Crippen LogP contribution in [0.5, 0.6) is 5.75 Å². The molecule has 0 saturated heterocycles. The average Bonchev–Trinajstić information content (AvgIpc) is 2.41. The van der Waals surface area contributed by atoms with Gasteiger partial charge in [0.1, 0.15) is 12.4 Å². The second-order valence-electron chi connectivity index (χ2n) is 4.06. The van der Waals surface area contributed by atoms with Crippen molar-refractivity contribution in [2.45, 2.75) is 13.8 Å². The van der Waals surface area contributed by atoms with Gasteiger partial charge in [-0.2, -0.15) is 0 Å². The fourth-order valence-corrected chi connectivity index (χ4v) is 1.17. The van der Waals surface area contributed by atoms with Crippen molar-refractivity contribution in [2.24, 2.45) is 5.84 Å². The highest BCUT2D eigenvalue weighted by molar-refractivity contribution is 5.89. The summed E-state index contributed by atoms with van der Waals surface area (Å²) >= 11 is 0. The van der Waals surface area contributed by atoms with E-state index < -0.39 is 11.9 Å². The Balaban J connectivity index is 0.000000433. The molecule has 0 saturated carbocycles. The van der Waals surface area contributed by atoms with Crippen molar-refractivity contribution in [2.75, 3.05) is 13.2 Å². The molecule has 7 nitrogen and oxygen atoms in total. The first kappa shape index (κ1) is 18.6. The Morgan fingerprint density at radius 3 is 2.19 bits per heavy atom. The molecule has 0 unspecified atom stereocenters. The van der Waals surface area contributed by atoms with Crippen LogP contribution in [-0.4, -0.2) is 35.3 Å². The quantitative estimate of drug-likeness (QED) is 0.266. The SMILES string of the molecule is Cc1ccc(OCCNN)cc1C.O=C(O)/C=C\C(=O)O. The molecular formula is C14H20N2O5. The van der Waals surface area contributed by atoms with E-state index in [1.807, 2.05) is 12.1 Å². The summed E-state index contributed by atoms with van der Waals surface area (Å²) < 4.78 is 5.44. The third-order valence-corrected chi connectivity index (χ3v) is 2.36. The lowest BCUT2D eigenvalue weighted by molar-refractivity contribution is -0.134. The van der Waals surface area contributed by atoms with Crippen molar-refractivity contribution in [3.05, 3.63) is 41.5 Å². The van der Waals surface area contributed by atoms with Gasteiger partial charge in [-0.05, 0) is 37.1 Å². The first-order chi connectivity index (χ1) is 9.86. The van der Waals surface area contributed by atoms with Gasteiger partial charge < -0.3 is 14.9 Å². The van der Waals surface area contributed by atoms with Crippen molar-refractivity contribution in [3.8, 4) is 5.75 Å². The second kappa shape index (κ2) is 10.4. The molecular weight excluding hydrogens is 276 g/mol. The number of ether oxygens (including phenoxy) is 1. The summed E-state index contributed by atoms with van der Waals surface area (Å²) in [7, 11) is 0. The zero-order valence-corrected chi connectivity index (χ0v) is 12.0. The van der Waals surface area contributed by atoms with Crippen molar-refractivity contribution in [3.63, 3.8) is 0 Å². The van der Waals surface area contributed by atoms with E-state index in [0.717, 1.165) is 5.75 Å². The maximum Gasteiger partial charge on any atom is 0.328 e. The van der Waals surface area contributed by atoms with Crippen LogP contribution < -0.4 is 16.0 Å². The first-order valence-electron chi connectivity index (χ1n) is 6.14. The molecule has 0 aliphatic carbocycles. The maximum atomic E-state index is 9.55. The van der Waals surface area contributed by atoms with Crippen LogP contribution in [0.3, 0.4) is 0 Å². The summed E-state index contributed by atoms with van der Waals surface area (Å²) in [6.45, 7) is 5.41. The highest BCUT2D eigenvalue weighted by Crippen LogP contribution is 2.15. The van der Waals surface area contributed by atoms with E-state index in [0.29, 0.717) is 25.3 Å². The third-order valence-electron chi connectivity index (χ3n) is 2.36. The Morgan fingerprint density at radius 2 is 1.76 bits per heavy atom. The number of nitrogens with two attached hydrogens (primary N) is 1. The molecule has 0 aliphatic heterocycles. The first-order valence-corrected chi connectivity index (χ1v) is 6.14. The van der Waals surface area contributed by atoms with Gasteiger partial charge in [0, 0.05) is 18.7 Å². The molecule has 0 aromatic heterocycles. The number of hydrazine groups is 1. The van der Waals surface area contributed by atoms with E-state index in [2.05, 4.69) is 25.3 Å². The molecule has 0 amide bonds. The van der Waals surface area contributed by atoms with Gasteiger partial charge in [0.05, 0.1) is 0 Å². The van der Waals surface area contributed by atoms with Gasteiger partial charge in [0.2, 0.25) is 0 Å². The molecule has 0 fully saturated rings. The third kappa shape index (κ3) is 10.1. The van der Waals surface area contributed by atoms with Crippen molar-refractivity contribution >= 4 is 11.9 Å². The van der Waals surface area contributed by atoms with Crippen LogP contribution in [0.15, 0.2) is 30.4 Å². The lowest BCUT2D eigenvalue weighted by atomic mass is 10.1. The predicted molar refractivity (Wildman–Crippen MR) is 78.0 cm³/mol. The zero-order valence-electron chi connectivity index (χ0n) is 12.0. The number of hydrogen-bond acceptors (Lipinski definition) is 5. The van der Waals surface area contributed by atoms with Gasteiger partial charge >= 0.3 is 11.9 Å². The van der Waals surface area contributed by atoms with Crippen LogP contribution >= 0.6 is 0 Å². The van der Waals surface area contributed by atoms with E-state index in [1.165, 1.54) is 11.1 Å². The number of carboxylic acid groups (broad SMARTS) is 2. The Labute approximate surface area is 123 Å². The van der Waals surface area contributed by atoms with Crippen molar-refractivity contribution in [1.82, 2.24) is 5.43 Å².